The highest BCUT2D eigenvalue weighted by molar-refractivity contribution is 7.62. The normalized spacial score (nSPS) is 8.00. The number of hydrogen-bond acceptors (Lipinski definition) is 6. The topological polar surface area (TPSA) is 125 Å². The number of hydrogen-bond donors (Lipinski definition) is 1. The van der Waals surface area contributed by atoms with Gasteiger partial charge in [0.15, 0.2) is 0 Å². The molecular formula is C2H2N2O6S. The monoisotopic (exact) mass is 182 g/mol. The van der Waals surface area contributed by atoms with Crippen molar-refractivity contribution in [3.05, 3.63) is 0 Å². The van der Waals surface area contributed by atoms with Gasteiger partial charge in [0.25, 0.3) is 0 Å². The van der Waals surface area contributed by atoms with Gasteiger partial charge in [0.2, 0.25) is 0 Å². The van der Waals surface area contributed by atoms with Crippen LogP contribution in [0, 0.1) is 0 Å². The van der Waals surface area contributed by atoms with E-state index in [1.54, 1.807) is 0 Å². The molecule has 0 unspecified atom stereocenters. The summed E-state index contributed by atoms with van der Waals surface area (Å²) in [7, 11) is -2.94. The van der Waals surface area contributed by atoms with Crippen molar-refractivity contribution in [3.63, 3.8) is 0 Å². The molecule has 0 saturated carbocycles. The number of carbonyl (C=O) groups is 2. The van der Waals surface area contributed by atoms with E-state index in [-0.39, 0.29) is 0 Å². The number of rotatable bonds is 0. The molecule has 9 heteroatoms. The Morgan fingerprint density at radius 2 is 1.82 bits per heavy atom. The molecule has 2 N–H and O–H groups in total. The van der Waals surface area contributed by atoms with Crippen molar-refractivity contribution >= 4 is 22.7 Å². The Morgan fingerprint density at radius 3 is 2.18 bits per heavy atom. The standard InChI is InChI=1S/C2H2N2O6S/c3-1(5)9-10-2(6)4-11(7)8/h(H2,3,5). The van der Waals surface area contributed by atoms with Crippen LogP contribution in [0.1, 0.15) is 0 Å². The van der Waals surface area contributed by atoms with E-state index in [9.17, 15) is 18.0 Å². The van der Waals surface area contributed by atoms with E-state index >= 15 is 0 Å². The summed E-state index contributed by atoms with van der Waals surface area (Å²) in [6.45, 7) is 0. The van der Waals surface area contributed by atoms with Crippen molar-refractivity contribution in [1.82, 2.24) is 0 Å². The van der Waals surface area contributed by atoms with Gasteiger partial charge >= 0.3 is 22.7 Å². The zero-order chi connectivity index (χ0) is 8.85. The van der Waals surface area contributed by atoms with Gasteiger partial charge in [0, 0.05) is 0 Å². The fourth-order valence-electron chi connectivity index (χ4n) is 0.153. The summed E-state index contributed by atoms with van der Waals surface area (Å²) >= 11 is 0. The second-order valence-corrected chi connectivity index (χ2v) is 1.68. The molecule has 0 aliphatic rings. The van der Waals surface area contributed by atoms with Crippen LogP contribution >= 0.6 is 0 Å². The lowest BCUT2D eigenvalue weighted by molar-refractivity contribution is -0.172. The molecule has 0 aromatic rings. The van der Waals surface area contributed by atoms with Crippen LogP contribution in [0.2, 0.25) is 0 Å². The summed E-state index contributed by atoms with van der Waals surface area (Å²) in [5.41, 5.74) is 4.34. The van der Waals surface area contributed by atoms with E-state index < -0.39 is 22.7 Å². The molecule has 0 aromatic carbocycles. The third kappa shape index (κ3) is 6.24. The van der Waals surface area contributed by atoms with Gasteiger partial charge in [-0.05, 0) is 0 Å². The zero-order valence-corrected chi connectivity index (χ0v) is 5.70. The molecule has 0 aromatic heterocycles. The minimum Gasteiger partial charge on any atom is -0.332 e. The van der Waals surface area contributed by atoms with Crippen molar-refractivity contribution in [1.29, 1.82) is 0 Å². The summed E-state index contributed by atoms with van der Waals surface area (Å²) in [6.07, 6.45) is -2.97. The molecule has 11 heavy (non-hydrogen) atoms. The maximum Gasteiger partial charge on any atom is 0.490 e. The van der Waals surface area contributed by atoms with Gasteiger partial charge in [-0.2, -0.15) is 8.42 Å². The molecule has 2 amide bonds. The molecule has 0 heterocycles. The lowest BCUT2D eigenvalue weighted by atomic mass is 11.3. The first kappa shape index (κ1) is 9.36. The molecule has 0 radical (unpaired) electrons. The van der Waals surface area contributed by atoms with E-state index in [1.807, 2.05) is 0 Å². The van der Waals surface area contributed by atoms with Gasteiger partial charge in [0.1, 0.15) is 0 Å². The van der Waals surface area contributed by atoms with Gasteiger partial charge in [-0.1, -0.05) is 4.36 Å². The summed E-state index contributed by atoms with van der Waals surface area (Å²) < 4.78 is 21.5. The van der Waals surface area contributed by atoms with Crippen LogP contribution in [0.5, 0.6) is 0 Å². The quantitative estimate of drug-likeness (QED) is 0.386. The highest BCUT2D eigenvalue weighted by Crippen LogP contribution is 1.83. The first-order chi connectivity index (χ1) is 5.02. The zero-order valence-electron chi connectivity index (χ0n) is 4.88. The summed E-state index contributed by atoms with van der Waals surface area (Å²) in [4.78, 5) is 26.6. The molecule has 0 fully saturated rings. The number of primary amides is 1. The number of nitrogens with zero attached hydrogens (tertiary/aromatic N) is 1. The van der Waals surface area contributed by atoms with E-state index in [0.717, 1.165) is 0 Å². The van der Waals surface area contributed by atoms with Crippen molar-refractivity contribution in [2.75, 3.05) is 0 Å². The predicted molar refractivity (Wildman–Crippen MR) is 28.5 cm³/mol. The Bertz CT molecular complexity index is 282. The molecular weight excluding hydrogens is 180 g/mol. The predicted octanol–water partition coefficient (Wildman–Crippen LogP) is -0.804. The van der Waals surface area contributed by atoms with E-state index in [4.69, 9.17) is 0 Å². The molecule has 0 aliphatic heterocycles. The van der Waals surface area contributed by atoms with E-state index in [2.05, 4.69) is 19.9 Å². The second-order valence-electron chi connectivity index (χ2n) is 1.06. The van der Waals surface area contributed by atoms with Gasteiger partial charge in [-0.15, -0.1) is 0 Å². The first-order valence-corrected chi connectivity index (χ1v) is 3.04. The molecule has 0 bridgehead atoms. The molecule has 8 nitrogen and oxygen atoms in total. The van der Waals surface area contributed by atoms with Gasteiger partial charge < -0.3 is 5.73 Å². The Kier molecular flexibility index (Phi) is 3.59. The van der Waals surface area contributed by atoms with Crippen molar-refractivity contribution in [2.45, 2.75) is 0 Å². The third-order valence-corrected chi connectivity index (χ3v) is 0.642. The Hall–Kier alpha value is -1.64. The Morgan fingerprint density at radius 1 is 1.27 bits per heavy atom. The second kappa shape index (κ2) is 4.22. The molecule has 62 valence electrons. The molecule has 0 aliphatic carbocycles. The molecule has 0 rings (SSSR count). The minimum absolute atomic E-state index is 1.38. The first-order valence-electron chi connectivity index (χ1n) is 2.01. The Labute approximate surface area is 61.5 Å². The SMILES string of the molecule is NC(=O)OOC(=O)N=S(=O)=O. The van der Waals surface area contributed by atoms with Gasteiger partial charge in [0.05, 0.1) is 0 Å². The van der Waals surface area contributed by atoms with Crippen molar-refractivity contribution < 1.29 is 27.8 Å². The Balaban J connectivity index is 3.91. The largest absolute Gasteiger partial charge is 0.490 e. The fraction of sp³-hybridized carbons (Fsp3) is 0. The van der Waals surface area contributed by atoms with Gasteiger partial charge in [-0.3, -0.25) is 0 Å². The number of nitrogens with two attached hydrogens (primary N) is 1. The van der Waals surface area contributed by atoms with Crippen LogP contribution in [0.3, 0.4) is 0 Å². The lowest BCUT2D eigenvalue weighted by Crippen LogP contribution is -2.15. The van der Waals surface area contributed by atoms with Crippen LogP contribution in [0.25, 0.3) is 0 Å². The minimum atomic E-state index is -2.94. The molecule has 0 atom stereocenters. The maximum atomic E-state index is 10.0. The average Bonchev–Trinajstić information content (AvgIpc) is 1.82. The summed E-state index contributed by atoms with van der Waals surface area (Å²) in [5.74, 6) is 0. The van der Waals surface area contributed by atoms with Crippen molar-refractivity contribution in [2.24, 2.45) is 10.1 Å². The van der Waals surface area contributed by atoms with Crippen LogP contribution in [-0.4, -0.2) is 20.6 Å². The van der Waals surface area contributed by atoms with Crippen LogP contribution < -0.4 is 5.73 Å². The highest BCUT2D eigenvalue weighted by Gasteiger charge is 2.03. The van der Waals surface area contributed by atoms with Crippen LogP contribution in [0.4, 0.5) is 9.59 Å². The van der Waals surface area contributed by atoms with Crippen molar-refractivity contribution in [3.8, 4) is 0 Å². The average molecular weight is 182 g/mol. The van der Waals surface area contributed by atoms with E-state index in [0.29, 0.717) is 0 Å². The third-order valence-electron chi connectivity index (χ3n) is 0.344. The maximum absolute atomic E-state index is 10.0. The number of carbonyl (C=O) groups excluding carboxylic acids is 2. The smallest absolute Gasteiger partial charge is 0.332 e. The summed E-state index contributed by atoms with van der Waals surface area (Å²) in [6, 6.07) is 0. The number of amides is 2. The fourth-order valence-corrected chi connectivity index (χ4v) is 0.305. The molecule has 0 saturated heterocycles. The van der Waals surface area contributed by atoms with Crippen LogP contribution in [0.15, 0.2) is 4.36 Å². The molecule has 0 spiro atoms. The van der Waals surface area contributed by atoms with Crippen LogP contribution in [-0.2, 0) is 20.3 Å². The lowest BCUT2D eigenvalue weighted by Gasteiger charge is -1.91. The highest BCUT2D eigenvalue weighted by atomic mass is 32.2. The summed E-state index contributed by atoms with van der Waals surface area (Å²) in [5, 5.41) is 0. The van der Waals surface area contributed by atoms with Gasteiger partial charge in [-0.25, -0.2) is 19.4 Å². The van der Waals surface area contributed by atoms with E-state index in [1.165, 1.54) is 0 Å².